The van der Waals surface area contributed by atoms with Crippen LogP contribution in [0, 0.1) is 6.92 Å². The Hall–Kier alpha value is -1.02. The Morgan fingerprint density at radius 3 is 2.67 bits per heavy atom. The number of ether oxygens (including phenoxy) is 1. The van der Waals surface area contributed by atoms with Crippen molar-refractivity contribution in [2.24, 2.45) is 0 Å². The van der Waals surface area contributed by atoms with Crippen LogP contribution in [0.15, 0.2) is 18.2 Å². The van der Waals surface area contributed by atoms with Crippen molar-refractivity contribution in [1.29, 1.82) is 0 Å². The molecule has 0 saturated heterocycles. The van der Waals surface area contributed by atoms with Crippen LogP contribution in [0.25, 0.3) is 0 Å². The van der Waals surface area contributed by atoms with Crippen molar-refractivity contribution >= 4 is 0 Å². The van der Waals surface area contributed by atoms with E-state index < -0.39 is 0 Å². The average molecular weight is 207 g/mol. The number of methoxy groups -OCH3 is 1. The van der Waals surface area contributed by atoms with Gasteiger partial charge in [-0.05, 0) is 56.1 Å². The highest BCUT2D eigenvalue weighted by Crippen LogP contribution is 2.25. The first kappa shape index (κ1) is 12.1. The smallest absolute Gasteiger partial charge is 0.119 e. The third-order valence-corrected chi connectivity index (χ3v) is 2.84. The minimum Gasteiger partial charge on any atom is -0.497 e. The van der Waals surface area contributed by atoms with E-state index in [9.17, 15) is 0 Å². The van der Waals surface area contributed by atoms with Crippen LogP contribution >= 0.6 is 0 Å². The number of rotatable bonds is 5. The molecule has 0 amide bonds. The van der Waals surface area contributed by atoms with E-state index in [0.717, 1.165) is 12.3 Å². The van der Waals surface area contributed by atoms with Crippen molar-refractivity contribution < 1.29 is 4.74 Å². The molecule has 84 valence electrons. The summed E-state index contributed by atoms with van der Waals surface area (Å²) in [6.07, 6.45) is 1.17. The molecule has 0 aliphatic rings. The lowest BCUT2D eigenvalue weighted by atomic mass is 9.93. The number of hydrogen-bond donors (Lipinski definition) is 1. The van der Waals surface area contributed by atoms with Crippen LogP contribution < -0.4 is 10.1 Å². The molecule has 1 unspecified atom stereocenters. The topological polar surface area (TPSA) is 21.3 Å². The van der Waals surface area contributed by atoms with Crippen LogP contribution in [0.2, 0.25) is 0 Å². The Morgan fingerprint density at radius 2 is 2.13 bits per heavy atom. The zero-order chi connectivity index (χ0) is 11.3. The van der Waals surface area contributed by atoms with E-state index in [1.54, 1.807) is 7.11 Å². The van der Waals surface area contributed by atoms with Crippen molar-refractivity contribution in [1.82, 2.24) is 5.32 Å². The van der Waals surface area contributed by atoms with Crippen molar-refractivity contribution in [3.05, 3.63) is 29.3 Å². The summed E-state index contributed by atoms with van der Waals surface area (Å²) in [4.78, 5) is 0. The SMILES string of the molecule is CNCCC(C)c1ccc(OC)cc1C. The Labute approximate surface area is 92.6 Å². The van der Waals surface area contributed by atoms with Gasteiger partial charge in [0.2, 0.25) is 0 Å². The van der Waals surface area contributed by atoms with Gasteiger partial charge in [-0.2, -0.15) is 0 Å². The highest BCUT2D eigenvalue weighted by molar-refractivity contribution is 5.36. The standard InChI is InChI=1S/C13H21NO/c1-10(7-8-14-3)13-6-5-12(15-4)9-11(13)2/h5-6,9-10,14H,7-8H2,1-4H3. The highest BCUT2D eigenvalue weighted by atomic mass is 16.5. The van der Waals surface area contributed by atoms with E-state index in [1.165, 1.54) is 17.5 Å². The van der Waals surface area contributed by atoms with E-state index in [1.807, 2.05) is 13.1 Å². The molecule has 0 heterocycles. The molecule has 1 aromatic carbocycles. The first-order valence-electron chi connectivity index (χ1n) is 5.48. The molecule has 0 fully saturated rings. The van der Waals surface area contributed by atoms with Gasteiger partial charge in [-0.25, -0.2) is 0 Å². The normalized spacial score (nSPS) is 12.5. The second kappa shape index (κ2) is 5.76. The lowest BCUT2D eigenvalue weighted by molar-refractivity contribution is 0.414. The number of hydrogen-bond acceptors (Lipinski definition) is 2. The minimum absolute atomic E-state index is 0.600. The molecule has 0 saturated carbocycles. The predicted molar refractivity (Wildman–Crippen MR) is 64.7 cm³/mol. The Kier molecular flexibility index (Phi) is 4.63. The molecule has 1 N–H and O–H groups in total. The molecule has 2 nitrogen and oxygen atoms in total. The second-order valence-electron chi connectivity index (χ2n) is 4.02. The van der Waals surface area contributed by atoms with E-state index in [0.29, 0.717) is 5.92 Å². The lowest BCUT2D eigenvalue weighted by Crippen LogP contribution is -2.11. The van der Waals surface area contributed by atoms with Gasteiger partial charge in [-0.1, -0.05) is 13.0 Å². The molecule has 1 atom stereocenters. The highest BCUT2D eigenvalue weighted by Gasteiger charge is 2.08. The first-order valence-corrected chi connectivity index (χ1v) is 5.48. The van der Waals surface area contributed by atoms with Gasteiger partial charge in [-0.3, -0.25) is 0 Å². The summed E-state index contributed by atoms with van der Waals surface area (Å²) in [7, 11) is 3.70. The number of nitrogens with one attached hydrogen (secondary N) is 1. The minimum atomic E-state index is 0.600. The van der Waals surface area contributed by atoms with Crippen LogP contribution in [0.4, 0.5) is 0 Å². The summed E-state index contributed by atoms with van der Waals surface area (Å²) in [6, 6.07) is 6.32. The largest absolute Gasteiger partial charge is 0.497 e. The maximum absolute atomic E-state index is 5.20. The molecular weight excluding hydrogens is 186 g/mol. The van der Waals surface area contributed by atoms with Gasteiger partial charge in [0.25, 0.3) is 0 Å². The molecule has 15 heavy (non-hydrogen) atoms. The van der Waals surface area contributed by atoms with E-state index >= 15 is 0 Å². The molecule has 0 spiro atoms. The van der Waals surface area contributed by atoms with Crippen molar-refractivity contribution in [2.45, 2.75) is 26.2 Å². The first-order chi connectivity index (χ1) is 7.19. The maximum Gasteiger partial charge on any atom is 0.119 e. The number of aryl methyl sites for hydroxylation is 1. The average Bonchev–Trinajstić information content (AvgIpc) is 2.25. The van der Waals surface area contributed by atoms with Gasteiger partial charge < -0.3 is 10.1 Å². The fourth-order valence-corrected chi connectivity index (χ4v) is 1.84. The summed E-state index contributed by atoms with van der Waals surface area (Å²) in [5.41, 5.74) is 2.74. The van der Waals surface area contributed by atoms with Gasteiger partial charge >= 0.3 is 0 Å². The summed E-state index contributed by atoms with van der Waals surface area (Å²) in [5.74, 6) is 1.54. The van der Waals surface area contributed by atoms with Gasteiger partial charge in [0.15, 0.2) is 0 Å². The van der Waals surface area contributed by atoms with Gasteiger partial charge in [0, 0.05) is 0 Å². The molecule has 1 rings (SSSR count). The number of benzene rings is 1. The van der Waals surface area contributed by atoms with Crippen molar-refractivity contribution in [3.63, 3.8) is 0 Å². The third-order valence-electron chi connectivity index (χ3n) is 2.84. The van der Waals surface area contributed by atoms with E-state index in [-0.39, 0.29) is 0 Å². The van der Waals surface area contributed by atoms with Gasteiger partial charge in [0.1, 0.15) is 5.75 Å². The Balaban J connectivity index is 2.76. The third kappa shape index (κ3) is 3.24. The molecule has 0 aromatic heterocycles. The van der Waals surface area contributed by atoms with Crippen LogP contribution in [0.3, 0.4) is 0 Å². The zero-order valence-electron chi connectivity index (χ0n) is 10.1. The molecule has 0 radical (unpaired) electrons. The summed E-state index contributed by atoms with van der Waals surface area (Å²) in [6.45, 7) is 5.48. The van der Waals surface area contributed by atoms with Crippen LogP contribution in [0.1, 0.15) is 30.4 Å². The second-order valence-corrected chi connectivity index (χ2v) is 4.02. The molecule has 1 aromatic rings. The van der Waals surface area contributed by atoms with Crippen molar-refractivity contribution in [3.8, 4) is 5.75 Å². The quantitative estimate of drug-likeness (QED) is 0.801. The zero-order valence-corrected chi connectivity index (χ0v) is 10.1. The monoisotopic (exact) mass is 207 g/mol. The molecular formula is C13H21NO. The summed E-state index contributed by atoms with van der Waals surface area (Å²) >= 11 is 0. The predicted octanol–water partition coefficient (Wildman–Crippen LogP) is 2.72. The maximum atomic E-state index is 5.20. The van der Waals surface area contributed by atoms with E-state index in [4.69, 9.17) is 4.74 Å². The van der Waals surface area contributed by atoms with Crippen LogP contribution in [-0.4, -0.2) is 20.7 Å². The Bertz CT molecular complexity index is 309. The molecule has 0 bridgehead atoms. The Morgan fingerprint density at radius 1 is 1.40 bits per heavy atom. The van der Waals surface area contributed by atoms with E-state index in [2.05, 4.69) is 31.3 Å². The summed E-state index contributed by atoms with van der Waals surface area (Å²) < 4.78 is 5.20. The fourth-order valence-electron chi connectivity index (χ4n) is 1.84. The van der Waals surface area contributed by atoms with Gasteiger partial charge in [-0.15, -0.1) is 0 Å². The van der Waals surface area contributed by atoms with Crippen LogP contribution in [-0.2, 0) is 0 Å². The van der Waals surface area contributed by atoms with Gasteiger partial charge in [0.05, 0.1) is 7.11 Å². The lowest BCUT2D eigenvalue weighted by Gasteiger charge is -2.15. The van der Waals surface area contributed by atoms with Crippen molar-refractivity contribution in [2.75, 3.05) is 20.7 Å². The molecule has 0 aliphatic heterocycles. The summed E-state index contributed by atoms with van der Waals surface area (Å²) in [5, 5.41) is 3.19. The fraction of sp³-hybridized carbons (Fsp3) is 0.538. The molecule has 2 heteroatoms. The van der Waals surface area contributed by atoms with Crippen LogP contribution in [0.5, 0.6) is 5.75 Å². The molecule has 0 aliphatic carbocycles.